The highest BCUT2D eigenvalue weighted by Crippen LogP contribution is 2.28. The number of anilines is 1. The molecule has 1 aliphatic heterocycles. The zero-order valence-electron chi connectivity index (χ0n) is 19.1. The number of likely N-dealkylation sites (tertiary alicyclic amines) is 1. The third-order valence-corrected chi connectivity index (χ3v) is 5.52. The third kappa shape index (κ3) is 5.96. The molecule has 1 fully saturated rings. The van der Waals surface area contributed by atoms with Crippen LogP contribution >= 0.6 is 15.9 Å². The van der Waals surface area contributed by atoms with Crippen molar-refractivity contribution in [1.29, 1.82) is 0 Å². The lowest BCUT2D eigenvalue weighted by Crippen LogP contribution is -2.42. The topological polar surface area (TPSA) is 123 Å². The number of carbonyl (C=O) groups is 2. The van der Waals surface area contributed by atoms with E-state index < -0.39 is 5.60 Å². The van der Waals surface area contributed by atoms with Gasteiger partial charge in [0.1, 0.15) is 21.7 Å². The summed E-state index contributed by atoms with van der Waals surface area (Å²) in [5.41, 5.74) is 0.374. The normalized spacial score (nSPS) is 16.2. The average molecular weight is 529 g/mol. The number of piperidine rings is 1. The van der Waals surface area contributed by atoms with E-state index in [9.17, 15) is 9.59 Å². The minimum absolute atomic E-state index is 0.0632. The molecular formula is C23H25BrN6O4. The maximum atomic E-state index is 12.4. The molecule has 0 aromatic carbocycles. The SMILES string of the molecule is CC(C)(C)OC(=O)N1CCC[C@H](c2nc(-c3ccc(NC(=O)c4cccc(Br)n4)nc3)no2)C1. The first-order chi connectivity index (χ1) is 16.2. The molecule has 1 atom stereocenters. The van der Waals surface area contributed by atoms with Gasteiger partial charge in [-0.3, -0.25) is 4.79 Å². The Morgan fingerprint density at radius 3 is 2.74 bits per heavy atom. The minimum Gasteiger partial charge on any atom is -0.444 e. The average Bonchev–Trinajstić information content (AvgIpc) is 3.29. The van der Waals surface area contributed by atoms with Gasteiger partial charge in [-0.05, 0) is 73.8 Å². The summed E-state index contributed by atoms with van der Waals surface area (Å²) in [6.07, 6.45) is 2.89. The fourth-order valence-corrected chi connectivity index (χ4v) is 3.85. The van der Waals surface area contributed by atoms with E-state index in [4.69, 9.17) is 9.26 Å². The summed E-state index contributed by atoms with van der Waals surface area (Å²) < 4.78 is 11.6. The van der Waals surface area contributed by atoms with Crippen molar-refractivity contribution < 1.29 is 18.8 Å². The fraction of sp³-hybridized carbons (Fsp3) is 0.391. The van der Waals surface area contributed by atoms with Gasteiger partial charge in [0.05, 0.1) is 5.92 Å². The van der Waals surface area contributed by atoms with Crippen LogP contribution in [0.5, 0.6) is 0 Å². The Labute approximate surface area is 205 Å². The number of ether oxygens (including phenoxy) is 1. The number of rotatable bonds is 4. The van der Waals surface area contributed by atoms with Gasteiger partial charge in [0.2, 0.25) is 11.7 Å². The zero-order chi connectivity index (χ0) is 24.3. The van der Waals surface area contributed by atoms with Gasteiger partial charge in [-0.25, -0.2) is 14.8 Å². The molecular weight excluding hydrogens is 504 g/mol. The molecule has 1 N–H and O–H groups in total. The van der Waals surface area contributed by atoms with E-state index in [1.165, 1.54) is 0 Å². The number of hydrogen-bond donors (Lipinski definition) is 1. The van der Waals surface area contributed by atoms with Crippen LogP contribution in [0.2, 0.25) is 0 Å². The summed E-state index contributed by atoms with van der Waals surface area (Å²) >= 11 is 3.25. The smallest absolute Gasteiger partial charge is 0.410 e. The van der Waals surface area contributed by atoms with Crippen molar-refractivity contribution in [3.05, 3.63) is 52.7 Å². The molecule has 178 valence electrons. The van der Waals surface area contributed by atoms with Crippen molar-refractivity contribution in [2.24, 2.45) is 0 Å². The third-order valence-electron chi connectivity index (χ3n) is 5.08. The van der Waals surface area contributed by atoms with Gasteiger partial charge in [-0.2, -0.15) is 4.98 Å². The van der Waals surface area contributed by atoms with Crippen LogP contribution in [0, 0.1) is 0 Å². The van der Waals surface area contributed by atoms with E-state index in [0.29, 0.717) is 40.8 Å². The van der Waals surface area contributed by atoms with Crippen LogP contribution in [0.4, 0.5) is 10.6 Å². The quantitative estimate of drug-likeness (QED) is 0.485. The predicted octanol–water partition coefficient (Wildman–Crippen LogP) is 4.66. The Bertz CT molecular complexity index is 1170. The second kappa shape index (κ2) is 9.88. The highest BCUT2D eigenvalue weighted by molar-refractivity contribution is 9.10. The summed E-state index contributed by atoms with van der Waals surface area (Å²) in [5, 5.41) is 6.78. The molecule has 1 aliphatic rings. The number of aromatic nitrogens is 4. The molecule has 0 bridgehead atoms. The lowest BCUT2D eigenvalue weighted by Gasteiger charge is -2.32. The number of hydrogen-bond acceptors (Lipinski definition) is 8. The van der Waals surface area contributed by atoms with Gasteiger partial charge in [-0.15, -0.1) is 0 Å². The van der Waals surface area contributed by atoms with Crippen LogP contribution in [0.25, 0.3) is 11.4 Å². The first-order valence-corrected chi connectivity index (χ1v) is 11.7. The number of nitrogens with one attached hydrogen (secondary N) is 1. The number of carbonyl (C=O) groups excluding carboxylic acids is 2. The largest absolute Gasteiger partial charge is 0.444 e. The van der Waals surface area contributed by atoms with Crippen molar-refractivity contribution in [2.45, 2.75) is 45.1 Å². The predicted molar refractivity (Wildman–Crippen MR) is 127 cm³/mol. The number of amides is 2. The summed E-state index contributed by atoms with van der Waals surface area (Å²) in [4.78, 5) is 39.4. The maximum Gasteiger partial charge on any atom is 0.410 e. The van der Waals surface area contributed by atoms with Crippen molar-refractivity contribution >= 4 is 33.7 Å². The Hall–Kier alpha value is -3.34. The van der Waals surface area contributed by atoms with Crippen molar-refractivity contribution in [2.75, 3.05) is 18.4 Å². The molecule has 1 saturated heterocycles. The van der Waals surface area contributed by atoms with Gasteiger partial charge in [0, 0.05) is 24.8 Å². The van der Waals surface area contributed by atoms with Crippen LogP contribution in [-0.2, 0) is 4.74 Å². The molecule has 0 saturated carbocycles. The molecule has 0 radical (unpaired) electrons. The molecule has 4 heterocycles. The van der Waals surface area contributed by atoms with Crippen molar-refractivity contribution in [3.63, 3.8) is 0 Å². The molecule has 0 aliphatic carbocycles. The highest BCUT2D eigenvalue weighted by Gasteiger charge is 2.31. The van der Waals surface area contributed by atoms with Gasteiger partial charge in [-0.1, -0.05) is 11.2 Å². The minimum atomic E-state index is -0.547. The second-order valence-electron chi connectivity index (χ2n) is 8.95. The zero-order valence-corrected chi connectivity index (χ0v) is 20.7. The second-order valence-corrected chi connectivity index (χ2v) is 9.77. The molecule has 3 aromatic heterocycles. The first kappa shape index (κ1) is 23.8. The van der Waals surface area contributed by atoms with Gasteiger partial charge < -0.3 is 19.5 Å². The van der Waals surface area contributed by atoms with Crippen LogP contribution in [-0.4, -0.2) is 55.7 Å². The van der Waals surface area contributed by atoms with E-state index in [1.807, 2.05) is 20.8 Å². The molecule has 2 amide bonds. The van der Waals surface area contributed by atoms with Crippen molar-refractivity contribution in [3.8, 4) is 11.4 Å². The number of halogens is 1. The van der Waals surface area contributed by atoms with Gasteiger partial charge in [0.25, 0.3) is 5.91 Å². The van der Waals surface area contributed by atoms with Crippen molar-refractivity contribution in [1.82, 2.24) is 25.0 Å². The van der Waals surface area contributed by atoms with E-state index in [0.717, 1.165) is 12.8 Å². The lowest BCUT2D eigenvalue weighted by atomic mass is 9.98. The summed E-state index contributed by atoms with van der Waals surface area (Å²) in [6.45, 7) is 6.64. The fourth-order valence-electron chi connectivity index (χ4n) is 3.50. The molecule has 11 heteroatoms. The van der Waals surface area contributed by atoms with Crippen LogP contribution < -0.4 is 5.32 Å². The van der Waals surface area contributed by atoms with E-state index in [1.54, 1.807) is 41.4 Å². The van der Waals surface area contributed by atoms with E-state index in [-0.39, 0.29) is 23.6 Å². The molecule has 34 heavy (non-hydrogen) atoms. The Morgan fingerprint density at radius 1 is 1.21 bits per heavy atom. The van der Waals surface area contributed by atoms with Gasteiger partial charge in [0.15, 0.2) is 0 Å². The molecule has 10 nitrogen and oxygen atoms in total. The first-order valence-electron chi connectivity index (χ1n) is 10.9. The monoisotopic (exact) mass is 528 g/mol. The summed E-state index contributed by atoms with van der Waals surface area (Å²) in [5.74, 6) is 0.811. The van der Waals surface area contributed by atoms with Crippen LogP contribution in [0.3, 0.4) is 0 Å². The number of nitrogens with zero attached hydrogens (tertiary/aromatic N) is 5. The van der Waals surface area contributed by atoms with Gasteiger partial charge >= 0.3 is 6.09 Å². The van der Waals surface area contributed by atoms with E-state index in [2.05, 4.69) is 41.4 Å². The Balaban J connectivity index is 1.40. The number of pyridine rings is 2. The summed E-state index contributed by atoms with van der Waals surface area (Å²) in [7, 11) is 0. The van der Waals surface area contributed by atoms with Crippen LogP contribution in [0.15, 0.2) is 45.7 Å². The Morgan fingerprint density at radius 2 is 2.03 bits per heavy atom. The van der Waals surface area contributed by atoms with Crippen LogP contribution in [0.1, 0.15) is 55.9 Å². The Kier molecular flexibility index (Phi) is 6.92. The van der Waals surface area contributed by atoms with E-state index >= 15 is 0 Å². The molecule has 3 aromatic rings. The highest BCUT2D eigenvalue weighted by atomic mass is 79.9. The molecule has 0 spiro atoms. The molecule has 4 rings (SSSR count). The maximum absolute atomic E-state index is 12.4. The standard InChI is InChI=1S/C23H25BrN6O4/c1-23(2,3)33-22(32)30-11-5-6-15(13-30)21-28-19(29-34-21)14-9-10-18(25-12-14)27-20(31)16-7-4-8-17(24)26-16/h4,7-10,12,15H,5-6,11,13H2,1-3H3,(H,25,27,31)/t15-/m0/s1. The lowest BCUT2D eigenvalue weighted by molar-refractivity contribution is 0.0189. The molecule has 0 unspecified atom stereocenters. The summed E-state index contributed by atoms with van der Waals surface area (Å²) in [6, 6.07) is 8.50.